The second-order valence-corrected chi connectivity index (χ2v) is 6.82. The maximum Gasteiger partial charge on any atom is 0.277 e. The van der Waals surface area contributed by atoms with Crippen LogP contribution in [0.4, 0.5) is 0 Å². The van der Waals surface area contributed by atoms with Crippen LogP contribution in [0.25, 0.3) is 11.5 Å². The molecule has 25 heavy (non-hydrogen) atoms. The fourth-order valence-electron chi connectivity index (χ4n) is 2.28. The van der Waals surface area contributed by atoms with Crippen LogP contribution in [0.2, 0.25) is 0 Å². The first-order chi connectivity index (χ1) is 12.2. The van der Waals surface area contributed by atoms with Gasteiger partial charge in [0, 0.05) is 12.1 Å². The van der Waals surface area contributed by atoms with Crippen molar-refractivity contribution in [1.29, 1.82) is 0 Å². The molecular weight excluding hydrogens is 334 g/mol. The molecule has 3 rings (SSSR count). The molecule has 2 aromatic carbocycles. The Balaban J connectivity index is 1.49. The molecule has 1 unspecified atom stereocenters. The van der Waals surface area contributed by atoms with Crippen molar-refractivity contribution in [1.82, 2.24) is 15.5 Å². The Morgan fingerprint density at radius 3 is 2.48 bits per heavy atom. The first kappa shape index (κ1) is 17.2. The molecule has 1 heterocycles. The number of thioether (sulfide) groups is 1. The van der Waals surface area contributed by atoms with Crippen LogP contribution in [0.15, 0.2) is 70.3 Å². The third-order valence-corrected chi connectivity index (χ3v) is 4.56. The molecule has 0 aliphatic rings. The van der Waals surface area contributed by atoms with Gasteiger partial charge in [-0.25, -0.2) is 0 Å². The summed E-state index contributed by atoms with van der Waals surface area (Å²) in [6.07, 6.45) is 0.808. The molecule has 0 saturated heterocycles. The SMILES string of the molecule is CC(Sc1nnc(-c2ccccc2)o1)C(=O)NCCc1ccccc1. The molecule has 1 atom stereocenters. The number of carbonyl (C=O) groups excluding carboxylic acids is 1. The van der Waals surface area contributed by atoms with Crippen LogP contribution >= 0.6 is 11.8 Å². The van der Waals surface area contributed by atoms with Gasteiger partial charge in [0.05, 0.1) is 5.25 Å². The van der Waals surface area contributed by atoms with Crippen LogP contribution in [0.5, 0.6) is 0 Å². The smallest absolute Gasteiger partial charge is 0.277 e. The Bertz CT molecular complexity index is 806. The Morgan fingerprint density at radius 2 is 1.76 bits per heavy atom. The number of rotatable bonds is 7. The summed E-state index contributed by atoms with van der Waals surface area (Å²) >= 11 is 1.26. The lowest BCUT2D eigenvalue weighted by molar-refractivity contribution is -0.120. The average Bonchev–Trinajstić information content (AvgIpc) is 3.12. The molecule has 0 bridgehead atoms. The van der Waals surface area contributed by atoms with E-state index in [-0.39, 0.29) is 11.2 Å². The van der Waals surface area contributed by atoms with Crippen molar-refractivity contribution in [2.24, 2.45) is 0 Å². The Kier molecular flexibility index (Phi) is 5.85. The van der Waals surface area contributed by atoms with Gasteiger partial charge in [-0.2, -0.15) is 0 Å². The number of amides is 1. The van der Waals surface area contributed by atoms with Crippen LogP contribution < -0.4 is 5.32 Å². The molecule has 6 heteroatoms. The van der Waals surface area contributed by atoms with E-state index >= 15 is 0 Å². The Morgan fingerprint density at radius 1 is 1.08 bits per heavy atom. The van der Waals surface area contributed by atoms with Crippen LogP contribution in [-0.2, 0) is 11.2 Å². The summed E-state index contributed by atoms with van der Waals surface area (Å²) in [5.41, 5.74) is 2.06. The standard InChI is InChI=1S/C19H19N3O2S/c1-14(17(23)20-13-12-15-8-4-2-5-9-15)25-19-22-21-18(24-19)16-10-6-3-7-11-16/h2-11,14H,12-13H2,1H3,(H,20,23). The molecule has 0 spiro atoms. The molecule has 5 nitrogen and oxygen atoms in total. The highest BCUT2D eigenvalue weighted by Crippen LogP contribution is 2.25. The third-order valence-electron chi connectivity index (χ3n) is 3.63. The zero-order valence-corrected chi connectivity index (χ0v) is 14.7. The summed E-state index contributed by atoms with van der Waals surface area (Å²) in [5.74, 6) is 0.417. The molecule has 3 aromatic rings. The largest absolute Gasteiger partial charge is 0.411 e. The van der Waals surface area contributed by atoms with E-state index in [1.807, 2.05) is 67.6 Å². The lowest BCUT2D eigenvalue weighted by Crippen LogP contribution is -2.32. The first-order valence-corrected chi connectivity index (χ1v) is 8.97. The van der Waals surface area contributed by atoms with Gasteiger partial charge in [-0.05, 0) is 31.0 Å². The van der Waals surface area contributed by atoms with Gasteiger partial charge in [0.2, 0.25) is 11.8 Å². The van der Waals surface area contributed by atoms with E-state index in [0.29, 0.717) is 17.7 Å². The molecule has 1 N–H and O–H groups in total. The number of hydrogen-bond donors (Lipinski definition) is 1. The predicted molar refractivity (Wildman–Crippen MR) is 98.2 cm³/mol. The summed E-state index contributed by atoms with van der Waals surface area (Å²) in [6.45, 7) is 2.43. The van der Waals surface area contributed by atoms with Gasteiger partial charge in [0.15, 0.2) is 0 Å². The number of nitrogens with zero attached hydrogens (tertiary/aromatic N) is 2. The number of carbonyl (C=O) groups is 1. The number of aromatic nitrogens is 2. The number of nitrogens with one attached hydrogen (secondary N) is 1. The second-order valence-electron chi connectivity index (χ2n) is 5.53. The van der Waals surface area contributed by atoms with Crippen LogP contribution in [0, 0.1) is 0 Å². The van der Waals surface area contributed by atoms with E-state index in [2.05, 4.69) is 15.5 Å². The summed E-state index contributed by atoms with van der Waals surface area (Å²) in [4.78, 5) is 12.2. The highest BCUT2D eigenvalue weighted by Gasteiger charge is 2.18. The van der Waals surface area contributed by atoms with Gasteiger partial charge in [-0.15, -0.1) is 10.2 Å². The summed E-state index contributed by atoms with van der Waals surface area (Å²) in [6, 6.07) is 19.6. The van der Waals surface area contributed by atoms with Crippen molar-refractivity contribution in [3.63, 3.8) is 0 Å². The lowest BCUT2D eigenvalue weighted by Gasteiger charge is -2.09. The number of hydrogen-bond acceptors (Lipinski definition) is 5. The van der Waals surface area contributed by atoms with Crippen LogP contribution in [0.1, 0.15) is 12.5 Å². The predicted octanol–water partition coefficient (Wildman–Crippen LogP) is 3.58. The second kappa shape index (κ2) is 8.48. The van der Waals surface area contributed by atoms with Gasteiger partial charge in [-0.1, -0.05) is 60.3 Å². The maximum absolute atomic E-state index is 12.2. The van der Waals surface area contributed by atoms with Gasteiger partial charge >= 0.3 is 0 Å². The van der Waals surface area contributed by atoms with Crippen LogP contribution in [-0.4, -0.2) is 27.9 Å². The van der Waals surface area contributed by atoms with E-state index in [1.54, 1.807) is 0 Å². The third kappa shape index (κ3) is 4.93. The number of benzene rings is 2. The molecule has 1 aromatic heterocycles. The van der Waals surface area contributed by atoms with Crippen molar-refractivity contribution >= 4 is 17.7 Å². The Hall–Kier alpha value is -2.60. The van der Waals surface area contributed by atoms with E-state index < -0.39 is 0 Å². The minimum absolute atomic E-state index is 0.0413. The van der Waals surface area contributed by atoms with Crippen molar-refractivity contribution in [2.45, 2.75) is 23.8 Å². The highest BCUT2D eigenvalue weighted by atomic mass is 32.2. The maximum atomic E-state index is 12.2. The summed E-state index contributed by atoms with van der Waals surface area (Å²) < 4.78 is 5.63. The van der Waals surface area contributed by atoms with E-state index in [9.17, 15) is 4.79 Å². The minimum Gasteiger partial charge on any atom is -0.411 e. The molecule has 1 amide bonds. The highest BCUT2D eigenvalue weighted by molar-refractivity contribution is 8.00. The fraction of sp³-hybridized carbons (Fsp3) is 0.211. The molecule has 0 saturated carbocycles. The van der Waals surface area contributed by atoms with Crippen molar-refractivity contribution in [3.05, 3.63) is 66.2 Å². The normalized spacial score (nSPS) is 11.9. The van der Waals surface area contributed by atoms with Gasteiger partial charge in [0.1, 0.15) is 0 Å². The van der Waals surface area contributed by atoms with Crippen LogP contribution in [0.3, 0.4) is 0 Å². The fourth-order valence-corrected chi connectivity index (χ4v) is 2.99. The molecule has 0 radical (unpaired) electrons. The molecule has 0 aliphatic carbocycles. The zero-order chi connectivity index (χ0) is 17.5. The zero-order valence-electron chi connectivity index (χ0n) is 13.9. The van der Waals surface area contributed by atoms with Gasteiger partial charge in [0.25, 0.3) is 5.22 Å². The van der Waals surface area contributed by atoms with Gasteiger partial charge in [-0.3, -0.25) is 4.79 Å². The minimum atomic E-state index is -0.306. The average molecular weight is 353 g/mol. The van der Waals surface area contributed by atoms with Crippen molar-refractivity contribution in [3.8, 4) is 11.5 Å². The first-order valence-electron chi connectivity index (χ1n) is 8.09. The quantitative estimate of drug-likeness (QED) is 0.658. The summed E-state index contributed by atoms with van der Waals surface area (Å²) in [5, 5.41) is 11.1. The van der Waals surface area contributed by atoms with E-state index in [4.69, 9.17) is 4.42 Å². The monoisotopic (exact) mass is 353 g/mol. The van der Waals surface area contributed by atoms with Crippen molar-refractivity contribution < 1.29 is 9.21 Å². The van der Waals surface area contributed by atoms with E-state index in [0.717, 1.165) is 12.0 Å². The van der Waals surface area contributed by atoms with Crippen molar-refractivity contribution in [2.75, 3.05) is 6.54 Å². The lowest BCUT2D eigenvalue weighted by atomic mass is 10.1. The topological polar surface area (TPSA) is 68.0 Å². The van der Waals surface area contributed by atoms with Gasteiger partial charge < -0.3 is 9.73 Å². The Labute approximate surface area is 150 Å². The molecular formula is C19H19N3O2S. The summed E-state index contributed by atoms with van der Waals surface area (Å²) in [7, 11) is 0. The van der Waals surface area contributed by atoms with E-state index in [1.165, 1.54) is 17.3 Å². The molecule has 128 valence electrons. The molecule has 0 aliphatic heterocycles. The molecule has 0 fully saturated rings.